The zero-order chi connectivity index (χ0) is 14.2. The van der Waals surface area contributed by atoms with Gasteiger partial charge in [-0.25, -0.2) is 9.97 Å². The van der Waals surface area contributed by atoms with E-state index in [1.54, 1.807) is 0 Å². The van der Waals surface area contributed by atoms with Crippen molar-refractivity contribution in [3.8, 4) is 11.4 Å². The lowest BCUT2D eigenvalue weighted by Crippen LogP contribution is -1.98. The topological polar surface area (TPSA) is 37.8 Å². The Bertz CT molecular complexity index is 529. The van der Waals surface area contributed by atoms with Crippen LogP contribution in [-0.4, -0.2) is 22.8 Å². The maximum atomic E-state index is 4.66. The third-order valence-corrected chi connectivity index (χ3v) is 3.99. The number of anilines is 1. The summed E-state index contributed by atoms with van der Waals surface area (Å²) in [5, 5.41) is 4.16. The Labute approximate surface area is 125 Å². The maximum Gasteiger partial charge on any atom is 0.162 e. The summed E-state index contributed by atoms with van der Waals surface area (Å²) in [5.74, 6) is 2.77. The summed E-state index contributed by atoms with van der Waals surface area (Å²) in [7, 11) is 1.89. The first kappa shape index (κ1) is 14.9. The van der Waals surface area contributed by atoms with Gasteiger partial charge in [-0.2, -0.15) is 0 Å². The second kappa shape index (κ2) is 7.90. The fourth-order valence-electron chi connectivity index (χ4n) is 1.87. The zero-order valence-corrected chi connectivity index (χ0v) is 12.9. The van der Waals surface area contributed by atoms with Crippen LogP contribution in [0.5, 0.6) is 0 Å². The van der Waals surface area contributed by atoms with E-state index < -0.39 is 0 Å². The van der Waals surface area contributed by atoms with Gasteiger partial charge in [-0.05, 0) is 12.2 Å². The first-order chi connectivity index (χ1) is 9.83. The fraction of sp³-hybridized carbons (Fsp3) is 0.375. The Morgan fingerprint density at radius 1 is 1.10 bits per heavy atom. The minimum atomic E-state index is 0.787. The van der Waals surface area contributed by atoms with E-state index >= 15 is 0 Å². The zero-order valence-electron chi connectivity index (χ0n) is 12.1. The third-order valence-electron chi connectivity index (χ3n) is 2.99. The lowest BCUT2D eigenvalue weighted by atomic mass is 10.2. The van der Waals surface area contributed by atoms with Crippen LogP contribution in [0, 0.1) is 0 Å². The molecule has 0 aliphatic rings. The standard InChI is InChI=1S/C16H21N3S/c1-3-4-8-11-20-15-12-14(17-2)18-16(19-15)13-9-6-5-7-10-13/h5-7,9-10,12H,3-4,8,11H2,1-2H3,(H,17,18,19). The van der Waals surface area contributed by atoms with Crippen molar-refractivity contribution in [2.75, 3.05) is 18.1 Å². The molecular weight excluding hydrogens is 266 g/mol. The monoisotopic (exact) mass is 287 g/mol. The van der Waals surface area contributed by atoms with Crippen molar-refractivity contribution in [3.63, 3.8) is 0 Å². The van der Waals surface area contributed by atoms with Crippen LogP contribution < -0.4 is 5.32 Å². The molecule has 1 N–H and O–H groups in total. The minimum Gasteiger partial charge on any atom is -0.373 e. The summed E-state index contributed by atoms with van der Waals surface area (Å²) >= 11 is 1.81. The van der Waals surface area contributed by atoms with Gasteiger partial charge in [0.25, 0.3) is 0 Å². The molecule has 1 heterocycles. The molecule has 0 unspecified atom stereocenters. The van der Waals surface area contributed by atoms with Gasteiger partial charge >= 0.3 is 0 Å². The van der Waals surface area contributed by atoms with Crippen molar-refractivity contribution in [2.45, 2.75) is 31.2 Å². The number of hydrogen-bond donors (Lipinski definition) is 1. The lowest BCUT2D eigenvalue weighted by Gasteiger charge is -2.07. The summed E-state index contributed by atoms with van der Waals surface area (Å²) in [6.45, 7) is 2.22. The smallest absolute Gasteiger partial charge is 0.162 e. The Kier molecular flexibility index (Phi) is 5.87. The van der Waals surface area contributed by atoms with Gasteiger partial charge < -0.3 is 5.32 Å². The largest absolute Gasteiger partial charge is 0.373 e. The van der Waals surface area contributed by atoms with Gasteiger partial charge in [0.1, 0.15) is 10.8 Å². The van der Waals surface area contributed by atoms with Crippen molar-refractivity contribution in [3.05, 3.63) is 36.4 Å². The second-order valence-corrected chi connectivity index (χ2v) is 5.70. The summed E-state index contributed by atoms with van der Waals surface area (Å²) < 4.78 is 0. The molecule has 0 saturated carbocycles. The first-order valence-corrected chi connectivity index (χ1v) is 8.07. The molecule has 0 saturated heterocycles. The van der Waals surface area contributed by atoms with Gasteiger partial charge in [-0.3, -0.25) is 0 Å². The molecule has 0 fully saturated rings. The number of benzene rings is 1. The molecule has 1 aromatic heterocycles. The van der Waals surface area contributed by atoms with Crippen molar-refractivity contribution in [1.82, 2.24) is 9.97 Å². The van der Waals surface area contributed by atoms with Gasteiger partial charge in [0.2, 0.25) is 0 Å². The Balaban J connectivity index is 2.16. The molecule has 2 rings (SSSR count). The van der Waals surface area contributed by atoms with Crippen LogP contribution in [-0.2, 0) is 0 Å². The Morgan fingerprint density at radius 3 is 2.60 bits per heavy atom. The molecule has 0 radical (unpaired) electrons. The molecule has 0 aliphatic heterocycles. The molecule has 0 amide bonds. The van der Waals surface area contributed by atoms with E-state index in [2.05, 4.69) is 22.2 Å². The fourth-order valence-corrected chi connectivity index (χ4v) is 2.78. The summed E-state index contributed by atoms with van der Waals surface area (Å²) in [4.78, 5) is 9.19. The highest BCUT2D eigenvalue weighted by Crippen LogP contribution is 2.24. The van der Waals surface area contributed by atoms with Crippen LogP contribution in [0.15, 0.2) is 41.4 Å². The van der Waals surface area contributed by atoms with E-state index in [1.165, 1.54) is 19.3 Å². The maximum absolute atomic E-state index is 4.66. The SMILES string of the molecule is CCCCCSc1cc(NC)nc(-c2ccccc2)n1. The highest BCUT2D eigenvalue weighted by atomic mass is 32.2. The molecule has 0 bridgehead atoms. The molecular formula is C16H21N3S. The molecule has 4 heteroatoms. The number of nitrogens with one attached hydrogen (secondary N) is 1. The van der Waals surface area contributed by atoms with Crippen LogP contribution in [0.4, 0.5) is 5.82 Å². The van der Waals surface area contributed by atoms with Crippen LogP contribution >= 0.6 is 11.8 Å². The molecule has 106 valence electrons. The predicted molar refractivity (Wildman–Crippen MR) is 87.3 cm³/mol. The number of rotatable bonds is 7. The van der Waals surface area contributed by atoms with Crippen LogP contribution in [0.3, 0.4) is 0 Å². The molecule has 20 heavy (non-hydrogen) atoms. The summed E-state index contributed by atoms with van der Waals surface area (Å²) in [6, 6.07) is 12.1. The number of nitrogens with zero attached hydrogens (tertiary/aromatic N) is 2. The first-order valence-electron chi connectivity index (χ1n) is 7.08. The van der Waals surface area contributed by atoms with Crippen molar-refractivity contribution in [1.29, 1.82) is 0 Å². The van der Waals surface area contributed by atoms with Gasteiger partial charge in [0.15, 0.2) is 5.82 Å². The third kappa shape index (κ3) is 4.23. The van der Waals surface area contributed by atoms with Crippen LogP contribution in [0.25, 0.3) is 11.4 Å². The van der Waals surface area contributed by atoms with Crippen LogP contribution in [0.1, 0.15) is 26.2 Å². The van der Waals surface area contributed by atoms with E-state index in [-0.39, 0.29) is 0 Å². The van der Waals surface area contributed by atoms with E-state index in [0.29, 0.717) is 0 Å². The Hall–Kier alpha value is -1.55. The number of aromatic nitrogens is 2. The average molecular weight is 287 g/mol. The van der Waals surface area contributed by atoms with Crippen molar-refractivity contribution >= 4 is 17.6 Å². The molecule has 0 aliphatic carbocycles. The van der Waals surface area contributed by atoms with Crippen molar-refractivity contribution < 1.29 is 0 Å². The average Bonchev–Trinajstić information content (AvgIpc) is 2.52. The van der Waals surface area contributed by atoms with Crippen molar-refractivity contribution in [2.24, 2.45) is 0 Å². The number of thioether (sulfide) groups is 1. The molecule has 2 aromatic rings. The number of unbranched alkanes of at least 4 members (excludes halogenated alkanes) is 2. The quantitative estimate of drug-likeness (QED) is 0.463. The summed E-state index contributed by atoms with van der Waals surface area (Å²) in [6.07, 6.45) is 3.77. The molecule has 0 spiro atoms. The summed E-state index contributed by atoms with van der Waals surface area (Å²) in [5.41, 5.74) is 1.06. The normalized spacial score (nSPS) is 10.5. The van der Waals surface area contributed by atoms with Gasteiger partial charge in [-0.15, -0.1) is 11.8 Å². The highest BCUT2D eigenvalue weighted by Gasteiger charge is 2.06. The minimum absolute atomic E-state index is 0.787. The van der Waals surface area contributed by atoms with Gasteiger partial charge in [-0.1, -0.05) is 50.1 Å². The molecule has 1 aromatic carbocycles. The highest BCUT2D eigenvalue weighted by molar-refractivity contribution is 7.99. The van der Waals surface area contributed by atoms with E-state index in [9.17, 15) is 0 Å². The lowest BCUT2D eigenvalue weighted by molar-refractivity contribution is 0.778. The second-order valence-electron chi connectivity index (χ2n) is 4.59. The van der Waals surface area contributed by atoms with E-state index in [4.69, 9.17) is 0 Å². The van der Waals surface area contributed by atoms with E-state index in [0.717, 1.165) is 28.0 Å². The van der Waals surface area contributed by atoms with E-state index in [1.807, 2.05) is 55.2 Å². The Morgan fingerprint density at radius 2 is 1.90 bits per heavy atom. The predicted octanol–water partition coefficient (Wildman–Crippen LogP) is 4.47. The molecule has 0 atom stereocenters. The van der Waals surface area contributed by atoms with Gasteiger partial charge in [0, 0.05) is 18.7 Å². The van der Waals surface area contributed by atoms with Gasteiger partial charge in [0.05, 0.1) is 0 Å². The number of hydrogen-bond acceptors (Lipinski definition) is 4. The van der Waals surface area contributed by atoms with Crippen LogP contribution in [0.2, 0.25) is 0 Å². The molecule has 3 nitrogen and oxygen atoms in total.